The van der Waals surface area contributed by atoms with E-state index in [9.17, 15) is 9.90 Å². The van der Waals surface area contributed by atoms with Crippen molar-refractivity contribution >= 4 is 5.91 Å². The standard InChI is InChI=1S/C12H22N2O2/c1-2-13-12(16)5-6-14-7-9-3-4-11(15)10(9)8-14/h9-11,15H,2-8H2,1H3,(H,13,16). The van der Waals surface area contributed by atoms with Crippen molar-refractivity contribution in [3.05, 3.63) is 0 Å². The van der Waals surface area contributed by atoms with Gasteiger partial charge < -0.3 is 15.3 Å². The quantitative estimate of drug-likeness (QED) is 0.721. The second-order valence-corrected chi connectivity index (χ2v) is 5.03. The Morgan fingerprint density at radius 3 is 2.94 bits per heavy atom. The highest BCUT2D eigenvalue weighted by Gasteiger charge is 2.41. The Balaban J connectivity index is 1.71. The number of rotatable bonds is 4. The van der Waals surface area contributed by atoms with Gasteiger partial charge in [-0.3, -0.25) is 4.79 Å². The molecule has 0 radical (unpaired) electrons. The van der Waals surface area contributed by atoms with Crippen LogP contribution in [0.1, 0.15) is 26.2 Å². The van der Waals surface area contributed by atoms with Crippen molar-refractivity contribution in [3.8, 4) is 0 Å². The number of hydrogen-bond donors (Lipinski definition) is 2. The third-order valence-electron chi connectivity index (χ3n) is 3.92. The topological polar surface area (TPSA) is 52.6 Å². The molecule has 2 N–H and O–H groups in total. The Morgan fingerprint density at radius 1 is 1.44 bits per heavy atom. The molecule has 1 saturated heterocycles. The summed E-state index contributed by atoms with van der Waals surface area (Å²) in [6, 6.07) is 0. The normalized spacial score (nSPS) is 34.0. The van der Waals surface area contributed by atoms with Crippen molar-refractivity contribution in [2.45, 2.75) is 32.3 Å². The first-order valence-electron chi connectivity index (χ1n) is 6.37. The molecule has 4 nitrogen and oxygen atoms in total. The summed E-state index contributed by atoms with van der Waals surface area (Å²) < 4.78 is 0. The number of aliphatic hydroxyl groups excluding tert-OH is 1. The third-order valence-corrected chi connectivity index (χ3v) is 3.92. The Bertz CT molecular complexity index is 257. The van der Waals surface area contributed by atoms with E-state index >= 15 is 0 Å². The summed E-state index contributed by atoms with van der Waals surface area (Å²) >= 11 is 0. The molecule has 1 saturated carbocycles. The number of carbonyl (C=O) groups excluding carboxylic acids is 1. The molecule has 0 spiro atoms. The average Bonchev–Trinajstić information content (AvgIpc) is 2.79. The van der Waals surface area contributed by atoms with Crippen LogP contribution in [0.5, 0.6) is 0 Å². The highest BCUT2D eigenvalue weighted by atomic mass is 16.3. The fourth-order valence-corrected chi connectivity index (χ4v) is 3.06. The predicted molar refractivity (Wildman–Crippen MR) is 62.0 cm³/mol. The maximum atomic E-state index is 11.3. The van der Waals surface area contributed by atoms with Gasteiger partial charge in [0.1, 0.15) is 0 Å². The van der Waals surface area contributed by atoms with Gasteiger partial charge in [0.05, 0.1) is 6.10 Å². The second kappa shape index (κ2) is 5.15. The van der Waals surface area contributed by atoms with Gasteiger partial charge in [-0.1, -0.05) is 0 Å². The molecule has 1 aliphatic carbocycles. The number of fused-ring (bicyclic) bond motifs is 1. The van der Waals surface area contributed by atoms with Gasteiger partial charge in [-0.15, -0.1) is 0 Å². The second-order valence-electron chi connectivity index (χ2n) is 5.03. The summed E-state index contributed by atoms with van der Waals surface area (Å²) in [6.07, 6.45) is 2.62. The fraction of sp³-hybridized carbons (Fsp3) is 0.917. The van der Waals surface area contributed by atoms with Crippen LogP contribution in [-0.4, -0.2) is 48.2 Å². The minimum absolute atomic E-state index is 0.0977. The van der Waals surface area contributed by atoms with Crippen LogP contribution in [0.3, 0.4) is 0 Å². The van der Waals surface area contributed by atoms with E-state index in [1.165, 1.54) is 0 Å². The largest absolute Gasteiger partial charge is 0.393 e. The van der Waals surface area contributed by atoms with Gasteiger partial charge in [0, 0.05) is 38.5 Å². The van der Waals surface area contributed by atoms with Crippen LogP contribution in [0.25, 0.3) is 0 Å². The SMILES string of the molecule is CCNC(=O)CCN1CC2CCC(O)C2C1. The van der Waals surface area contributed by atoms with Crippen LogP contribution in [0.15, 0.2) is 0 Å². The summed E-state index contributed by atoms with van der Waals surface area (Å²) in [5.74, 6) is 1.28. The summed E-state index contributed by atoms with van der Waals surface area (Å²) in [5.41, 5.74) is 0. The molecule has 0 aromatic rings. The molecular formula is C12H22N2O2. The van der Waals surface area contributed by atoms with Crippen LogP contribution in [0.4, 0.5) is 0 Å². The number of aliphatic hydroxyl groups is 1. The molecule has 2 aliphatic rings. The van der Waals surface area contributed by atoms with Crippen molar-refractivity contribution in [3.63, 3.8) is 0 Å². The molecule has 2 fully saturated rings. The lowest BCUT2D eigenvalue weighted by Gasteiger charge is -2.17. The van der Waals surface area contributed by atoms with Crippen LogP contribution in [0.2, 0.25) is 0 Å². The molecule has 1 heterocycles. The Labute approximate surface area is 97.0 Å². The number of hydrogen-bond acceptors (Lipinski definition) is 3. The summed E-state index contributed by atoms with van der Waals surface area (Å²) in [4.78, 5) is 13.6. The summed E-state index contributed by atoms with van der Waals surface area (Å²) in [6.45, 7) is 5.54. The molecule has 3 unspecified atom stereocenters. The lowest BCUT2D eigenvalue weighted by atomic mass is 10.00. The average molecular weight is 226 g/mol. The van der Waals surface area contributed by atoms with E-state index < -0.39 is 0 Å². The Kier molecular flexibility index (Phi) is 3.82. The van der Waals surface area contributed by atoms with E-state index in [1.807, 2.05) is 6.92 Å². The van der Waals surface area contributed by atoms with Gasteiger partial charge in [0.15, 0.2) is 0 Å². The van der Waals surface area contributed by atoms with E-state index in [1.54, 1.807) is 0 Å². The Hall–Kier alpha value is -0.610. The molecule has 2 rings (SSSR count). The number of carbonyl (C=O) groups is 1. The van der Waals surface area contributed by atoms with Gasteiger partial charge in [-0.25, -0.2) is 0 Å². The van der Waals surface area contributed by atoms with E-state index in [2.05, 4.69) is 10.2 Å². The lowest BCUT2D eigenvalue weighted by Crippen LogP contribution is -2.30. The first-order chi connectivity index (χ1) is 7.70. The van der Waals surface area contributed by atoms with Crippen molar-refractivity contribution in [1.82, 2.24) is 10.2 Å². The lowest BCUT2D eigenvalue weighted by molar-refractivity contribution is -0.121. The molecule has 16 heavy (non-hydrogen) atoms. The molecule has 1 amide bonds. The van der Waals surface area contributed by atoms with Gasteiger partial charge in [-0.05, 0) is 25.7 Å². The van der Waals surface area contributed by atoms with Crippen LogP contribution in [0, 0.1) is 11.8 Å². The van der Waals surface area contributed by atoms with Gasteiger partial charge in [-0.2, -0.15) is 0 Å². The van der Waals surface area contributed by atoms with Crippen molar-refractivity contribution < 1.29 is 9.90 Å². The van der Waals surface area contributed by atoms with Crippen LogP contribution < -0.4 is 5.32 Å². The minimum Gasteiger partial charge on any atom is -0.393 e. The van der Waals surface area contributed by atoms with E-state index in [4.69, 9.17) is 0 Å². The van der Waals surface area contributed by atoms with Gasteiger partial charge in [0.25, 0.3) is 0 Å². The zero-order valence-corrected chi connectivity index (χ0v) is 9.98. The zero-order chi connectivity index (χ0) is 11.5. The van der Waals surface area contributed by atoms with E-state index in [0.29, 0.717) is 24.8 Å². The molecule has 0 bridgehead atoms. The maximum Gasteiger partial charge on any atom is 0.221 e. The van der Waals surface area contributed by atoms with Crippen LogP contribution >= 0.6 is 0 Å². The Morgan fingerprint density at radius 2 is 2.25 bits per heavy atom. The summed E-state index contributed by atoms with van der Waals surface area (Å²) in [5, 5.41) is 12.6. The number of amides is 1. The molecule has 92 valence electrons. The summed E-state index contributed by atoms with van der Waals surface area (Å²) in [7, 11) is 0. The van der Waals surface area contributed by atoms with Crippen LogP contribution in [-0.2, 0) is 4.79 Å². The molecule has 4 heteroatoms. The number of likely N-dealkylation sites (tertiary alicyclic amines) is 1. The highest BCUT2D eigenvalue weighted by Crippen LogP contribution is 2.37. The maximum absolute atomic E-state index is 11.3. The van der Waals surface area contributed by atoms with Gasteiger partial charge in [0.2, 0.25) is 5.91 Å². The smallest absolute Gasteiger partial charge is 0.221 e. The zero-order valence-electron chi connectivity index (χ0n) is 9.98. The van der Waals surface area contributed by atoms with Crippen molar-refractivity contribution in [2.75, 3.05) is 26.2 Å². The first kappa shape index (κ1) is 11.9. The first-order valence-corrected chi connectivity index (χ1v) is 6.37. The molecule has 1 aliphatic heterocycles. The van der Waals surface area contributed by atoms with Gasteiger partial charge >= 0.3 is 0 Å². The highest BCUT2D eigenvalue weighted by molar-refractivity contribution is 5.75. The molecule has 3 atom stereocenters. The third kappa shape index (κ3) is 2.55. The minimum atomic E-state index is -0.0977. The fourth-order valence-electron chi connectivity index (χ4n) is 3.06. The number of nitrogens with one attached hydrogen (secondary N) is 1. The van der Waals surface area contributed by atoms with E-state index in [-0.39, 0.29) is 12.0 Å². The van der Waals surface area contributed by atoms with Crippen molar-refractivity contribution in [2.24, 2.45) is 11.8 Å². The predicted octanol–water partition coefficient (Wildman–Crippen LogP) is 0.215. The monoisotopic (exact) mass is 226 g/mol. The van der Waals surface area contributed by atoms with E-state index in [0.717, 1.165) is 32.5 Å². The molecular weight excluding hydrogens is 204 g/mol. The molecule has 0 aromatic carbocycles. The number of nitrogens with zero attached hydrogens (tertiary/aromatic N) is 1. The molecule has 0 aromatic heterocycles. The van der Waals surface area contributed by atoms with Crippen molar-refractivity contribution in [1.29, 1.82) is 0 Å².